The number of ether oxygens (including phenoxy) is 1. The molecule has 3 rings (SSSR count). The molecule has 1 unspecified atom stereocenters. The van der Waals surface area contributed by atoms with Crippen LogP contribution in [0.1, 0.15) is 36.6 Å². The maximum absolute atomic E-state index is 13.1. The van der Waals surface area contributed by atoms with Crippen molar-refractivity contribution in [3.8, 4) is 5.75 Å². The molecule has 0 aromatic heterocycles. The monoisotopic (exact) mass is 500 g/mol. The van der Waals surface area contributed by atoms with Gasteiger partial charge in [0, 0.05) is 23.1 Å². The van der Waals surface area contributed by atoms with Crippen LogP contribution in [0.2, 0.25) is 0 Å². The number of likely N-dealkylation sites (tertiary alicyclic amines) is 1. The second kappa shape index (κ2) is 10.3. The van der Waals surface area contributed by atoms with Gasteiger partial charge in [0.05, 0.1) is 18.7 Å². The average Bonchev–Trinajstić information content (AvgIpc) is 3.06. The average molecular weight is 501 g/mol. The fourth-order valence-electron chi connectivity index (χ4n) is 4.01. The molecular weight excluding hydrogens is 472 g/mol. The molecule has 1 atom stereocenters. The summed E-state index contributed by atoms with van der Waals surface area (Å²) in [6.45, 7) is 8.75. The van der Waals surface area contributed by atoms with E-state index in [1.165, 1.54) is 0 Å². The molecule has 32 heavy (non-hydrogen) atoms. The Morgan fingerprint density at radius 3 is 2.50 bits per heavy atom. The molecular formula is C25H29BrN2O4. The summed E-state index contributed by atoms with van der Waals surface area (Å²) in [6, 6.07) is 12.0. The van der Waals surface area contributed by atoms with E-state index < -0.39 is 17.7 Å². The number of carbonyl (C=O) groups excluding carboxylic acids is 2. The van der Waals surface area contributed by atoms with Gasteiger partial charge < -0.3 is 19.6 Å². The zero-order valence-corrected chi connectivity index (χ0v) is 20.5. The van der Waals surface area contributed by atoms with Crippen molar-refractivity contribution >= 4 is 33.4 Å². The lowest BCUT2D eigenvalue weighted by Gasteiger charge is -2.28. The summed E-state index contributed by atoms with van der Waals surface area (Å²) in [4.78, 5) is 30.0. The molecule has 0 radical (unpaired) electrons. The highest BCUT2D eigenvalue weighted by atomic mass is 79.9. The Hall–Kier alpha value is -2.64. The molecule has 1 N–H and O–H groups in total. The standard InChI is InChI=1S/C25H29BrN2O4/c1-5-27(6-2)12-13-28-22(17-8-7-9-19(15-17)32-4)21(24(30)25(28)31)23(29)18-10-11-20(26)16(3)14-18/h7-11,14-15,22,29H,5-6,12-13H2,1-4H3/b23-21-. The van der Waals surface area contributed by atoms with Crippen molar-refractivity contribution in [2.75, 3.05) is 33.3 Å². The van der Waals surface area contributed by atoms with E-state index in [0.717, 1.165) is 28.7 Å². The first-order valence-corrected chi connectivity index (χ1v) is 11.5. The van der Waals surface area contributed by atoms with Gasteiger partial charge in [-0.25, -0.2) is 0 Å². The molecule has 0 bridgehead atoms. The predicted molar refractivity (Wildman–Crippen MR) is 129 cm³/mol. The number of aliphatic hydroxyl groups excluding tert-OH is 1. The Labute approximate surface area is 197 Å². The van der Waals surface area contributed by atoms with E-state index in [-0.39, 0.29) is 11.3 Å². The Morgan fingerprint density at radius 1 is 1.16 bits per heavy atom. The first-order chi connectivity index (χ1) is 15.3. The van der Waals surface area contributed by atoms with Crippen molar-refractivity contribution in [3.05, 3.63) is 69.2 Å². The molecule has 170 valence electrons. The predicted octanol–water partition coefficient (Wildman–Crippen LogP) is 4.53. The minimum absolute atomic E-state index is 0.101. The lowest BCUT2D eigenvalue weighted by molar-refractivity contribution is -0.140. The van der Waals surface area contributed by atoms with Crippen LogP contribution in [0.25, 0.3) is 5.76 Å². The number of amides is 1. The van der Waals surface area contributed by atoms with Gasteiger partial charge in [-0.15, -0.1) is 0 Å². The number of aliphatic hydroxyl groups is 1. The third-order valence-corrected chi connectivity index (χ3v) is 6.82. The summed E-state index contributed by atoms with van der Waals surface area (Å²) in [5.74, 6) is -0.816. The van der Waals surface area contributed by atoms with E-state index in [4.69, 9.17) is 4.74 Å². The highest BCUT2D eigenvalue weighted by molar-refractivity contribution is 9.10. The number of rotatable bonds is 8. The van der Waals surface area contributed by atoms with Gasteiger partial charge in [0.1, 0.15) is 11.5 Å². The smallest absolute Gasteiger partial charge is 0.295 e. The van der Waals surface area contributed by atoms with Gasteiger partial charge in [-0.2, -0.15) is 0 Å². The maximum atomic E-state index is 13.1. The minimum atomic E-state index is -0.690. The minimum Gasteiger partial charge on any atom is -0.507 e. The quantitative estimate of drug-likeness (QED) is 0.327. The Bertz CT molecular complexity index is 1050. The van der Waals surface area contributed by atoms with Gasteiger partial charge in [0.25, 0.3) is 11.7 Å². The van der Waals surface area contributed by atoms with Crippen LogP contribution in [0, 0.1) is 6.92 Å². The summed E-state index contributed by atoms with van der Waals surface area (Å²) < 4.78 is 6.27. The van der Waals surface area contributed by atoms with Gasteiger partial charge in [0.2, 0.25) is 0 Å². The van der Waals surface area contributed by atoms with Crippen LogP contribution in [-0.4, -0.2) is 59.9 Å². The lowest BCUT2D eigenvalue weighted by atomic mass is 9.94. The molecule has 1 amide bonds. The molecule has 2 aromatic rings. The van der Waals surface area contributed by atoms with Crippen molar-refractivity contribution in [1.29, 1.82) is 0 Å². The van der Waals surface area contributed by atoms with Gasteiger partial charge >= 0.3 is 0 Å². The summed E-state index contributed by atoms with van der Waals surface area (Å²) >= 11 is 3.46. The molecule has 2 aromatic carbocycles. The van der Waals surface area contributed by atoms with E-state index in [1.54, 1.807) is 30.2 Å². The summed E-state index contributed by atoms with van der Waals surface area (Å²) in [6.07, 6.45) is 0. The van der Waals surface area contributed by atoms with Gasteiger partial charge in [0.15, 0.2) is 0 Å². The highest BCUT2D eigenvalue weighted by Crippen LogP contribution is 2.40. The van der Waals surface area contributed by atoms with Crippen molar-refractivity contribution in [2.24, 2.45) is 0 Å². The largest absolute Gasteiger partial charge is 0.507 e. The first-order valence-electron chi connectivity index (χ1n) is 10.7. The molecule has 1 aliphatic heterocycles. The molecule has 1 heterocycles. The summed E-state index contributed by atoms with van der Waals surface area (Å²) in [5.41, 5.74) is 2.24. The molecule has 0 saturated carbocycles. The number of aryl methyl sites for hydroxylation is 1. The van der Waals surface area contributed by atoms with Crippen LogP contribution >= 0.6 is 15.9 Å². The van der Waals surface area contributed by atoms with E-state index in [1.807, 2.05) is 31.2 Å². The Balaban J connectivity index is 2.13. The number of hydrogen-bond donors (Lipinski definition) is 1. The fourth-order valence-corrected chi connectivity index (χ4v) is 4.25. The number of ketones is 1. The number of benzene rings is 2. The summed E-state index contributed by atoms with van der Waals surface area (Å²) in [5, 5.41) is 11.2. The van der Waals surface area contributed by atoms with Crippen LogP contribution in [-0.2, 0) is 9.59 Å². The van der Waals surface area contributed by atoms with Crippen molar-refractivity contribution in [3.63, 3.8) is 0 Å². The number of methoxy groups -OCH3 is 1. The second-order valence-corrected chi connectivity index (χ2v) is 8.61. The van der Waals surface area contributed by atoms with E-state index in [9.17, 15) is 14.7 Å². The zero-order valence-electron chi connectivity index (χ0n) is 18.9. The van der Waals surface area contributed by atoms with Gasteiger partial charge in [-0.1, -0.05) is 48.0 Å². The number of carbonyl (C=O) groups is 2. The van der Waals surface area contributed by atoms with Crippen LogP contribution in [0.5, 0.6) is 5.75 Å². The SMILES string of the molecule is CCN(CC)CCN1C(=O)C(=O)/C(=C(\O)c2ccc(Br)c(C)c2)C1c1cccc(OC)c1. The maximum Gasteiger partial charge on any atom is 0.295 e. The lowest BCUT2D eigenvalue weighted by Crippen LogP contribution is -2.38. The number of halogens is 1. The topological polar surface area (TPSA) is 70.1 Å². The van der Waals surface area contributed by atoms with E-state index in [0.29, 0.717) is 24.4 Å². The van der Waals surface area contributed by atoms with E-state index in [2.05, 4.69) is 34.7 Å². The fraction of sp³-hybridized carbons (Fsp3) is 0.360. The zero-order chi connectivity index (χ0) is 23.4. The molecule has 0 aliphatic carbocycles. The van der Waals surface area contributed by atoms with E-state index >= 15 is 0 Å². The van der Waals surface area contributed by atoms with Crippen molar-refractivity contribution < 1.29 is 19.4 Å². The first kappa shape index (κ1) is 24.0. The van der Waals surface area contributed by atoms with Crippen molar-refractivity contribution in [2.45, 2.75) is 26.8 Å². The van der Waals surface area contributed by atoms with Gasteiger partial charge in [-0.3, -0.25) is 9.59 Å². The highest BCUT2D eigenvalue weighted by Gasteiger charge is 2.46. The second-order valence-electron chi connectivity index (χ2n) is 7.76. The number of nitrogens with zero attached hydrogens (tertiary/aromatic N) is 2. The summed E-state index contributed by atoms with van der Waals surface area (Å²) in [7, 11) is 1.57. The van der Waals surface area contributed by atoms with Crippen LogP contribution < -0.4 is 4.74 Å². The van der Waals surface area contributed by atoms with Crippen LogP contribution in [0.4, 0.5) is 0 Å². The Kier molecular flexibility index (Phi) is 7.74. The van der Waals surface area contributed by atoms with Gasteiger partial charge in [-0.05, 0) is 55.4 Å². The molecule has 1 saturated heterocycles. The molecule has 0 spiro atoms. The molecule has 1 fully saturated rings. The van der Waals surface area contributed by atoms with Crippen LogP contribution in [0.3, 0.4) is 0 Å². The van der Waals surface area contributed by atoms with Crippen molar-refractivity contribution in [1.82, 2.24) is 9.80 Å². The van der Waals surface area contributed by atoms with Crippen LogP contribution in [0.15, 0.2) is 52.5 Å². The molecule has 6 nitrogen and oxygen atoms in total. The third-order valence-electron chi connectivity index (χ3n) is 5.93. The normalized spacial score (nSPS) is 17.9. The molecule has 1 aliphatic rings. The number of likely N-dealkylation sites (N-methyl/N-ethyl adjacent to an activating group) is 1. The third kappa shape index (κ3) is 4.74. The Morgan fingerprint density at radius 2 is 1.88 bits per heavy atom. The number of Topliss-reactive ketones (excluding diaryl/α,β-unsaturated/α-hetero) is 1. The number of hydrogen-bond acceptors (Lipinski definition) is 5. The molecule has 7 heteroatoms.